The molecule has 0 saturated carbocycles. The number of likely N-dealkylation sites (N-methyl/N-ethyl adjacent to an activating group) is 1. The Labute approximate surface area is 124 Å². The van der Waals surface area contributed by atoms with Crippen LogP contribution >= 0.6 is 0 Å². The van der Waals surface area contributed by atoms with E-state index in [0.29, 0.717) is 13.0 Å². The van der Waals surface area contributed by atoms with Crippen molar-refractivity contribution < 1.29 is 17.6 Å². The van der Waals surface area contributed by atoms with Gasteiger partial charge in [-0.2, -0.15) is 0 Å². The van der Waals surface area contributed by atoms with Gasteiger partial charge in [0, 0.05) is 19.6 Å². The Balaban J connectivity index is 1.78. The summed E-state index contributed by atoms with van der Waals surface area (Å²) in [5, 5.41) is 2.98. The second kappa shape index (κ2) is 6.53. The number of carbonyl (C=O) groups is 1. The highest BCUT2D eigenvalue weighted by atomic mass is 32.2. The third-order valence-corrected chi connectivity index (χ3v) is 5.42. The largest absolute Gasteiger partial charge is 0.341 e. The van der Waals surface area contributed by atoms with Crippen LogP contribution in [0.15, 0.2) is 24.3 Å². The molecule has 1 N–H and O–H groups in total. The Morgan fingerprint density at radius 1 is 1.38 bits per heavy atom. The van der Waals surface area contributed by atoms with Crippen LogP contribution in [0.25, 0.3) is 0 Å². The number of halogens is 1. The molecule has 1 aliphatic heterocycles. The number of hydrogen-bond donors (Lipinski definition) is 1. The van der Waals surface area contributed by atoms with Gasteiger partial charge in [-0.15, -0.1) is 0 Å². The fraction of sp³-hybridized carbons (Fsp3) is 0.500. The molecule has 0 aliphatic carbocycles. The van der Waals surface area contributed by atoms with E-state index >= 15 is 0 Å². The summed E-state index contributed by atoms with van der Waals surface area (Å²) in [5.74, 6) is -0.234. The number of nitrogens with one attached hydrogen (secondary N) is 1. The Morgan fingerprint density at radius 2 is 2.05 bits per heavy atom. The molecular weight excluding hydrogens is 295 g/mol. The monoisotopic (exact) mass is 314 g/mol. The van der Waals surface area contributed by atoms with Gasteiger partial charge in [0.15, 0.2) is 9.84 Å². The summed E-state index contributed by atoms with van der Waals surface area (Å²) >= 11 is 0. The van der Waals surface area contributed by atoms with Crippen molar-refractivity contribution in [2.75, 3.05) is 25.1 Å². The Bertz CT molecular complexity index is 601. The molecule has 2 rings (SSSR count). The summed E-state index contributed by atoms with van der Waals surface area (Å²) in [6.45, 7) is 0.591. The third kappa shape index (κ3) is 4.50. The minimum Gasteiger partial charge on any atom is -0.341 e. The van der Waals surface area contributed by atoms with Crippen molar-refractivity contribution in [3.8, 4) is 0 Å². The van der Waals surface area contributed by atoms with Gasteiger partial charge in [-0.05, 0) is 24.1 Å². The zero-order chi connectivity index (χ0) is 15.5. The molecule has 0 spiro atoms. The topological polar surface area (TPSA) is 66.5 Å². The van der Waals surface area contributed by atoms with Crippen LogP contribution in [0.4, 0.5) is 4.39 Å². The molecule has 1 fully saturated rings. The van der Waals surface area contributed by atoms with Crippen molar-refractivity contribution in [2.45, 2.75) is 19.0 Å². The van der Waals surface area contributed by atoms with E-state index in [1.165, 1.54) is 17.0 Å². The van der Waals surface area contributed by atoms with Crippen molar-refractivity contribution >= 4 is 15.7 Å². The van der Waals surface area contributed by atoms with E-state index in [-0.39, 0.29) is 35.8 Å². The van der Waals surface area contributed by atoms with Gasteiger partial charge in [-0.3, -0.25) is 4.79 Å². The Kier molecular flexibility index (Phi) is 4.95. The van der Waals surface area contributed by atoms with E-state index in [4.69, 9.17) is 0 Å². The number of hydrogen-bond acceptors (Lipinski definition) is 4. The first-order valence-corrected chi connectivity index (χ1v) is 8.61. The maximum atomic E-state index is 12.7. The predicted molar refractivity (Wildman–Crippen MR) is 77.9 cm³/mol. The molecule has 1 aromatic rings. The summed E-state index contributed by atoms with van der Waals surface area (Å²) in [5.41, 5.74) is 0.885. The van der Waals surface area contributed by atoms with Gasteiger partial charge in [-0.25, -0.2) is 12.8 Å². The van der Waals surface area contributed by atoms with Crippen LogP contribution in [-0.4, -0.2) is 50.4 Å². The zero-order valence-corrected chi connectivity index (χ0v) is 12.7. The fourth-order valence-electron chi connectivity index (χ4n) is 2.33. The third-order valence-electron chi connectivity index (χ3n) is 3.67. The maximum absolute atomic E-state index is 12.7. The summed E-state index contributed by atoms with van der Waals surface area (Å²) in [7, 11) is -1.36. The molecule has 1 unspecified atom stereocenters. The SMILES string of the molecule is CN(C(=O)CNCc1ccc(F)cc1)C1CCS(=O)(=O)C1. The number of sulfone groups is 1. The lowest BCUT2D eigenvalue weighted by molar-refractivity contribution is -0.130. The number of benzene rings is 1. The standard InChI is InChI=1S/C14H19FN2O3S/c1-17(13-6-7-21(19,20)10-13)14(18)9-16-8-11-2-4-12(15)5-3-11/h2-5,13,16H,6-10H2,1H3. The van der Waals surface area contributed by atoms with Crippen molar-refractivity contribution in [2.24, 2.45) is 0 Å². The number of amides is 1. The van der Waals surface area contributed by atoms with Gasteiger partial charge >= 0.3 is 0 Å². The highest BCUT2D eigenvalue weighted by Gasteiger charge is 2.32. The lowest BCUT2D eigenvalue weighted by Gasteiger charge is -2.23. The highest BCUT2D eigenvalue weighted by Crippen LogP contribution is 2.16. The quantitative estimate of drug-likeness (QED) is 0.862. The maximum Gasteiger partial charge on any atom is 0.236 e. The summed E-state index contributed by atoms with van der Waals surface area (Å²) < 4.78 is 35.6. The van der Waals surface area contributed by atoms with Crippen LogP contribution in [0.2, 0.25) is 0 Å². The average Bonchev–Trinajstić information content (AvgIpc) is 2.80. The van der Waals surface area contributed by atoms with Crippen LogP contribution in [0, 0.1) is 5.82 Å². The molecule has 116 valence electrons. The Hall–Kier alpha value is -1.47. The normalized spacial score (nSPS) is 20.4. The van der Waals surface area contributed by atoms with Gasteiger partial charge < -0.3 is 10.2 Å². The number of nitrogens with zero attached hydrogens (tertiary/aromatic N) is 1. The molecule has 21 heavy (non-hydrogen) atoms. The van der Waals surface area contributed by atoms with Crippen LogP contribution in [-0.2, 0) is 21.2 Å². The predicted octanol–water partition coefficient (Wildman–Crippen LogP) is 0.561. The molecule has 1 amide bonds. The lowest BCUT2D eigenvalue weighted by Crippen LogP contribution is -2.42. The van der Waals surface area contributed by atoms with Crippen molar-refractivity contribution in [1.82, 2.24) is 10.2 Å². The summed E-state index contributed by atoms with van der Waals surface area (Å²) in [6, 6.07) is 5.82. The molecule has 0 radical (unpaired) electrons. The zero-order valence-electron chi connectivity index (χ0n) is 11.9. The van der Waals surface area contributed by atoms with Gasteiger partial charge in [0.2, 0.25) is 5.91 Å². The van der Waals surface area contributed by atoms with Crippen molar-refractivity contribution in [3.05, 3.63) is 35.6 Å². The highest BCUT2D eigenvalue weighted by molar-refractivity contribution is 7.91. The second-order valence-corrected chi connectivity index (χ2v) is 7.52. The van der Waals surface area contributed by atoms with Crippen molar-refractivity contribution in [1.29, 1.82) is 0 Å². The number of carbonyl (C=O) groups excluding carboxylic acids is 1. The summed E-state index contributed by atoms with van der Waals surface area (Å²) in [4.78, 5) is 13.5. The minimum absolute atomic E-state index is 0.0488. The van der Waals surface area contributed by atoms with Crippen LogP contribution < -0.4 is 5.32 Å². The van der Waals surface area contributed by atoms with E-state index in [9.17, 15) is 17.6 Å². The minimum atomic E-state index is -2.99. The first-order chi connectivity index (χ1) is 9.87. The van der Waals surface area contributed by atoms with Gasteiger partial charge in [0.25, 0.3) is 0 Å². The fourth-order valence-corrected chi connectivity index (χ4v) is 4.10. The molecule has 1 aromatic carbocycles. The van der Waals surface area contributed by atoms with Gasteiger partial charge in [0.1, 0.15) is 5.82 Å². The molecule has 5 nitrogen and oxygen atoms in total. The van der Waals surface area contributed by atoms with E-state index in [0.717, 1.165) is 5.56 Å². The molecule has 1 atom stereocenters. The lowest BCUT2D eigenvalue weighted by atomic mass is 10.2. The summed E-state index contributed by atoms with van der Waals surface area (Å²) in [6.07, 6.45) is 0.503. The first-order valence-electron chi connectivity index (χ1n) is 6.78. The van der Waals surface area contributed by atoms with Crippen LogP contribution in [0.1, 0.15) is 12.0 Å². The van der Waals surface area contributed by atoms with Crippen LogP contribution in [0.5, 0.6) is 0 Å². The first kappa shape index (κ1) is 15.9. The van der Waals surface area contributed by atoms with Gasteiger partial charge in [-0.1, -0.05) is 12.1 Å². The Morgan fingerprint density at radius 3 is 2.62 bits per heavy atom. The van der Waals surface area contributed by atoms with E-state index in [1.54, 1.807) is 19.2 Å². The molecule has 1 heterocycles. The molecule has 1 aliphatic rings. The smallest absolute Gasteiger partial charge is 0.236 e. The van der Waals surface area contributed by atoms with E-state index < -0.39 is 9.84 Å². The van der Waals surface area contributed by atoms with E-state index in [2.05, 4.69) is 5.32 Å². The molecule has 1 saturated heterocycles. The van der Waals surface area contributed by atoms with Crippen molar-refractivity contribution in [3.63, 3.8) is 0 Å². The van der Waals surface area contributed by atoms with E-state index in [1.807, 2.05) is 0 Å². The molecule has 0 bridgehead atoms. The van der Waals surface area contributed by atoms with Gasteiger partial charge in [0.05, 0.1) is 18.1 Å². The molecule has 7 heteroatoms. The molecular formula is C14H19FN2O3S. The number of rotatable bonds is 5. The molecule has 0 aromatic heterocycles. The second-order valence-electron chi connectivity index (χ2n) is 5.29. The average molecular weight is 314 g/mol. The van der Waals surface area contributed by atoms with Crippen LogP contribution in [0.3, 0.4) is 0 Å².